The number of benzene rings is 1. The van der Waals surface area contributed by atoms with E-state index in [1.165, 1.54) is 12.1 Å². The number of amides is 2. The molecule has 1 fully saturated rings. The molecule has 2 N–H and O–H groups in total. The normalized spacial score (nSPS) is 14.7. The van der Waals surface area contributed by atoms with Gasteiger partial charge in [0.05, 0.1) is 16.5 Å². The Morgan fingerprint density at radius 2 is 1.96 bits per heavy atom. The highest BCUT2D eigenvalue weighted by molar-refractivity contribution is 6.34. The maximum Gasteiger partial charge on any atom is 0.303 e. The number of hydrogen-bond acceptors (Lipinski definition) is 5. The van der Waals surface area contributed by atoms with E-state index in [2.05, 4.69) is 5.32 Å². The van der Waals surface area contributed by atoms with Gasteiger partial charge >= 0.3 is 5.97 Å². The highest BCUT2D eigenvalue weighted by Gasteiger charge is 2.26. The van der Waals surface area contributed by atoms with Crippen LogP contribution in [0.15, 0.2) is 18.2 Å². The van der Waals surface area contributed by atoms with E-state index in [9.17, 15) is 24.5 Å². The fourth-order valence-corrected chi connectivity index (χ4v) is 3.13. The second-order valence-corrected chi connectivity index (χ2v) is 6.40. The van der Waals surface area contributed by atoms with Gasteiger partial charge < -0.3 is 15.3 Å². The molecular weight excluding hydrogens is 366 g/mol. The van der Waals surface area contributed by atoms with Gasteiger partial charge in [-0.25, -0.2) is 0 Å². The topological polar surface area (TPSA) is 130 Å². The van der Waals surface area contributed by atoms with E-state index in [4.69, 9.17) is 16.7 Å². The third-order valence-electron chi connectivity index (χ3n) is 4.25. The first-order valence-electron chi connectivity index (χ1n) is 8.00. The Morgan fingerprint density at radius 1 is 1.31 bits per heavy atom. The van der Waals surface area contributed by atoms with Gasteiger partial charge in [-0.1, -0.05) is 17.7 Å². The number of nitro benzene ring substituents is 1. The molecule has 0 bridgehead atoms. The van der Waals surface area contributed by atoms with Crippen molar-refractivity contribution in [1.29, 1.82) is 0 Å². The minimum atomic E-state index is -0.858. The third-order valence-corrected chi connectivity index (χ3v) is 4.56. The summed E-state index contributed by atoms with van der Waals surface area (Å²) in [6, 6.07) is 3.89. The summed E-state index contributed by atoms with van der Waals surface area (Å²) in [5.41, 5.74) is -0.718. The van der Waals surface area contributed by atoms with Crippen molar-refractivity contribution in [3.8, 4) is 0 Å². The van der Waals surface area contributed by atoms with Gasteiger partial charge in [-0.15, -0.1) is 0 Å². The van der Waals surface area contributed by atoms with Gasteiger partial charge in [0.2, 0.25) is 5.91 Å². The maximum atomic E-state index is 12.2. The molecular formula is C16H18ClN3O6. The van der Waals surface area contributed by atoms with Gasteiger partial charge in [-0.3, -0.25) is 24.5 Å². The van der Waals surface area contributed by atoms with Crippen LogP contribution < -0.4 is 5.32 Å². The van der Waals surface area contributed by atoms with Crippen molar-refractivity contribution in [2.45, 2.75) is 19.3 Å². The fourth-order valence-electron chi connectivity index (χ4n) is 2.88. The van der Waals surface area contributed by atoms with Crippen molar-refractivity contribution in [3.63, 3.8) is 0 Å². The highest BCUT2D eigenvalue weighted by Crippen LogP contribution is 2.26. The molecule has 26 heavy (non-hydrogen) atoms. The van der Waals surface area contributed by atoms with Crippen LogP contribution in [-0.4, -0.2) is 52.3 Å². The molecule has 0 aliphatic carbocycles. The molecule has 0 saturated carbocycles. The van der Waals surface area contributed by atoms with E-state index in [1.54, 1.807) is 4.90 Å². The van der Waals surface area contributed by atoms with Crippen molar-refractivity contribution in [2.75, 3.05) is 19.6 Å². The number of nitro groups is 1. The first-order chi connectivity index (χ1) is 12.3. The van der Waals surface area contributed by atoms with Gasteiger partial charge in [0.15, 0.2) is 0 Å². The first kappa shape index (κ1) is 19.6. The van der Waals surface area contributed by atoms with Crippen molar-refractivity contribution in [1.82, 2.24) is 10.2 Å². The molecule has 9 nitrogen and oxygen atoms in total. The molecule has 2 amide bonds. The number of carboxylic acids is 1. The number of hydrogen-bond donors (Lipinski definition) is 2. The van der Waals surface area contributed by atoms with E-state index < -0.39 is 22.5 Å². The lowest BCUT2D eigenvalue weighted by molar-refractivity contribution is -0.385. The van der Waals surface area contributed by atoms with E-state index in [1.807, 2.05) is 0 Å². The zero-order valence-corrected chi connectivity index (χ0v) is 14.6. The number of rotatable bonds is 6. The van der Waals surface area contributed by atoms with Crippen molar-refractivity contribution < 1.29 is 24.4 Å². The Hall–Kier alpha value is -2.68. The quantitative estimate of drug-likeness (QED) is 0.568. The van der Waals surface area contributed by atoms with Crippen LogP contribution in [0.5, 0.6) is 0 Å². The van der Waals surface area contributed by atoms with Crippen molar-refractivity contribution in [2.24, 2.45) is 5.92 Å². The average molecular weight is 384 g/mol. The SMILES string of the molecule is O=C(O)CC1CCN(C(=O)CNC(=O)c2c(Cl)cccc2[N+](=O)[O-])CC1. The molecule has 1 aliphatic rings. The Kier molecular flexibility index (Phi) is 6.51. The summed E-state index contributed by atoms with van der Waals surface area (Å²) in [4.78, 5) is 47.0. The van der Waals surface area contributed by atoms with Crippen LogP contribution in [0.3, 0.4) is 0 Å². The van der Waals surface area contributed by atoms with Crippen LogP contribution in [0, 0.1) is 16.0 Å². The predicted molar refractivity (Wildman–Crippen MR) is 92.0 cm³/mol. The van der Waals surface area contributed by atoms with Crippen LogP contribution in [0.2, 0.25) is 5.02 Å². The van der Waals surface area contributed by atoms with Gasteiger partial charge in [-0.05, 0) is 24.8 Å². The van der Waals surface area contributed by atoms with E-state index in [-0.39, 0.29) is 35.4 Å². The molecule has 140 valence electrons. The number of carbonyl (C=O) groups excluding carboxylic acids is 2. The number of piperidine rings is 1. The Morgan fingerprint density at radius 3 is 2.54 bits per heavy atom. The molecule has 0 atom stereocenters. The zero-order chi connectivity index (χ0) is 19.3. The highest BCUT2D eigenvalue weighted by atomic mass is 35.5. The molecule has 0 aromatic heterocycles. The molecule has 1 heterocycles. The molecule has 0 radical (unpaired) electrons. The standard InChI is InChI=1S/C16H18ClN3O6/c17-11-2-1-3-12(20(25)26)15(11)16(24)18-9-13(21)19-6-4-10(5-7-19)8-14(22)23/h1-3,10H,4-9H2,(H,18,24)(H,22,23). The summed E-state index contributed by atoms with van der Waals surface area (Å²) in [6.07, 6.45) is 1.25. The van der Waals surface area contributed by atoms with Crippen LogP contribution in [0.25, 0.3) is 0 Å². The number of likely N-dealkylation sites (tertiary alicyclic amines) is 1. The monoisotopic (exact) mass is 383 g/mol. The summed E-state index contributed by atoms with van der Waals surface area (Å²) in [6.45, 7) is 0.516. The molecule has 1 saturated heterocycles. The second kappa shape index (κ2) is 8.61. The molecule has 1 aliphatic heterocycles. The maximum absolute atomic E-state index is 12.2. The smallest absolute Gasteiger partial charge is 0.303 e. The van der Waals surface area contributed by atoms with Gasteiger partial charge in [0.1, 0.15) is 5.56 Å². The summed E-state index contributed by atoms with van der Waals surface area (Å²) in [5.74, 6) is -1.95. The van der Waals surface area contributed by atoms with E-state index in [0.717, 1.165) is 6.07 Å². The molecule has 10 heteroatoms. The summed E-state index contributed by atoms with van der Waals surface area (Å²) >= 11 is 5.88. The number of nitrogens with one attached hydrogen (secondary N) is 1. The fraction of sp³-hybridized carbons (Fsp3) is 0.438. The van der Waals surface area contributed by atoms with Gasteiger partial charge in [0, 0.05) is 25.6 Å². The number of carboxylic acid groups (broad SMARTS) is 1. The second-order valence-electron chi connectivity index (χ2n) is 6.00. The van der Waals surface area contributed by atoms with E-state index >= 15 is 0 Å². The van der Waals surface area contributed by atoms with Gasteiger partial charge in [0.25, 0.3) is 11.6 Å². The van der Waals surface area contributed by atoms with Crippen molar-refractivity contribution in [3.05, 3.63) is 38.9 Å². The lowest BCUT2D eigenvalue weighted by atomic mass is 9.93. The number of halogens is 1. The first-order valence-corrected chi connectivity index (χ1v) is 8.38. The third kappa shape index (κ3) is 4.92. The molecule has 0 unspecified atom stereocenters. The Bertz CT molecular complexity index is 731. The summed E-state index contributed by atoms with van der Waals surface area (Å²) < 4.78 is 0. The average Bonchev–Trinajstić information content (AvgIpc) is 2.59. The minimum Gasteiger partial charge on any atom is -0.481 e. The van der Waals surface area contributed by atoms with E-state index in [0.29, 0.717) is 25.9 Å². The molecule has 2 rings (SSSR count). The van der Waals surface area contributed by atoms with Gasteiger partial charge in [-0.2, -0.15) is 0 Å². The lowest BCUT2D eigenvalue weighted by Gasteiger charge is -2.31. The zero-order valence-electron chi connectivity index (χ0n) is 13.8. The number of aliphatic carboxylic acids is 1. The Balaban J connectivity index is 1.91. The molecule has 1 aromatic rings. The Labute approximate surface area is 154 Å². The molecule has 1 aromatic carbocycles. The molecule has 0 spiro atoms. The van der Waals surface area contributed by atoms with Crippen LogP contribution in [-0.2, 0) is 9.59 Å². The summed E-state index contributed by atoms with van der Waals surface area (Å²) in [7, 11) is 0. The summed E-state index contributed by atoms with van der Waals surface area (Å²) in [5, 5.41) is 22.1. The number of carbonyl (C=O) groups is 3. The van der Waals surface area contributed by atoms with Crippen LogP contribution in [0.4, 0.5) is 5.69 Å². The number of nitrogens with zero attached hydrogens (tertiary/aromatic N) is 2. The minimum absolute atomic E-state index is 0.0388. The lowest BCUT2D eigenvalue weighted by Crippen LogP contribution is -2.44. The largest absolute Gasteiger partial charge is 0.481 e. The predicted octanol–water partition coefficient (Wildman–Crippen LogP) is 1.69. The van der Waals surface area contributed by atoms with Crippen molar-refractivity contribution >= 4 is 35.1 Å². The van der Waals surface area contributed by atoms with Crippen LogP contribution >= 0.6 is 11.6 Å². The van der Waals surface area contributed by atoms with Crippen LogP contribution in [0.1, 0.15) is 29.6 Å².